The molecule has 0 saturated carbocycles. The zero-order valence-electron chi connectivity index (χ0n) is 10.8. The average Bonchev–Trinajstić information content (AvgIpc) is 2.76. The molecule has 1 N–H and O–H groups in total. The van der Waals surface area contributed by atoms with Gasteiger partial charge in [-0.2, -0.15) is 0 Å². The Balaban J connectivity index is 2.45. The third kappa shape index (κ3) is 4.52. The van der Waals surface area contributed by atoms with Crippen molar-refractivity contribution in [2.75, 3.05) is 18.6 Å². The van der Waals surface area contributed by atoms with Crippen LogP contribution in [0.3, 0.4) is 0 Å². The third-order valence-electron chi connectivity index (χ3n) is 3.02. The maximum Gasteiger partial charge on any atom is 0.150 e. The first-order valence-corrected chi connectivity index (χ1v) is 7.84. The zero-order chi connectivity index (χ0) is 12.9. The van der Waals surface area contributed by atoms with Gasteiger partial charge in [0.15, 0.2) is 0 Å². The van der Waals surface area contributed by atoms with E-state index in [-0.39, 0.29) is 11.5 Å². The summed E-state index contributed by atoms with van der Waals surface area (Å²) in [5.41, 5.74) is 1.23. The fraction of sp³-hybridized carbons (Fsp3) is 0.667. The van der Waals surface area contributed by atoms with Crippen LogP contribution in [-0.4, -0.2) is 31.5 Å². The lowest BCUT2D eigenvalue weighted by Crippen LogP contribution is -2.12. The maximum atomic E-state index is 11.3. The summed E-state index contributed by atoms with van der Waals surface area (Å²) in [6.45, 7) is 4.55. The second-order valence-corrected chi connectivity index (χ2v) is 6.76. The highest BCUT2D eigenvalue weighted by molar-refractivity contribution is 7.91. The summed E-state index contributed by atoms with van der Waals surface area (Å²) >= 11 is 0. The molecular formula is C12H22N2O2S. The van der Waals surface area contributed by atoms with Gasteiger partial charge in [-0.15, -0.1) is 0 Å². The third-order valence-corrected chi connectivity index (χ3v) is 4.81. The Morgan fingerprint density at radius 3 is 2.76 bits per heavy atom. The second kappa shape index (κ2) is 6.21. The standard InChI is InChI=1S/C12H22N2O2S/c1-4-17(15,16)9-5-7-14-8-6-12(10-14)11(2)13-3/h6,8,10-11,13H,4-5,7,9H2,1-3H3. The molecule has 5 heteroatoms. The van der Waals surface area contributed by atoms with Crippen molar-refractivity contribution < 1.29 is 8.42 Å². The molecule has 0 bridgehead atoms. The topological polar surface area (TPSA) is 51.1 Å². The van der Waals surface area contributed by atoms with Crippen molar-refractivity contribution in [1.82, 2.24) is 9.88 Å². The highest BCUT2D eigenvalue weighted by Gasteiger charge is 2.07. The fourth-order valence-corrected chi connectivity index (χ4v) is 2.49. The van der Waals surface area contributed by atoms with Crippen molar-refractivity contribution in [3.63, 3.8) is 0 Å². The van der Waals surface area contributed by atoms with Crippen LogP contribution in [0, 0.1) is 0 Å². The Labute approximate surface area is 104 Å². The molecule has 0 fully saturated rings. The van der Waals surface area contributed by atoms with Crippen LogP contribution in [0.15, 0.2) is 18.5 Å². The lowest BCUT2D eigenvalue weighted by molar-refractivity contribution is 0.587. The normalized spacial score (nSPS) is 13.8. The van der Waals surface area contributed by atoms with Crippen molar-refractivity contribution in [2.24, 2.45) is 0 Å². The van der Waals surface area contributed by atoms with E-state index in [1.54, 1.807) is 6.92 Å². The van der Waals surface area contributed by atoms with Crippen molar-refractivity contribution in [1.29, 1.82) is 0 Å². The molecule has 0 radical (unpaired) electrons. The lowest BCUT2D eigenvalue weighted by Gasteiger charge is -2.07. The molecule has 4 nitrogen and oxygen atoms in total. The van der Waals surface area contributed by atoms with Gasteiger partial charge in [-0.3, -0.25) is 0 Å². The number of aromatic nitrogens is 1. The molecule has 0 aliphatic rings. The number of rotatable bonds is 7. The van der Waals surface area contributed by atoms with Gasteiger partial charge in [0.05, 0.1) is 5.75 Å². The summed E-state index contributed by atoms with van der Waals surface area (Å²) in [4.78, 5) is 0. The molecule has 1 aromatic heterocycles. The number of hydrogen-bond donors (Lipinski definition) is 1. The fourth-order valence-electron chi connectivity index (χ4n) is 1.63. The van der Waals surface area contributed by atoms with E-state index in [0.717, 1.165) is 6.54 Å². The molecule has 98 valence electrons. The van der Waals surface area contributed by atoms with Crippen LogP contribution in [0.5, 0.6) is 0 Å². The molecule has 1 rings (SSSR count). The Kier molecular flexibility index (Phi) is 5.21. The summed E-state index contributed by atoms with van der Waals surface area (Å²) in [7, 11) is -0.903. The minimum atomic E-state index is -2.83. The first-order valence-electron chi connectivity index (χ1n) is 6.02. The molecule has 0 saturated heterocycles. The minimum Gasteiger partial charge on any atom is -0.354 e. The van der Waals surface area contributed by atoms with Gasteiger partial charge in [0.2, 0.25) is 0 Å². The van der Waals surface area contributed by atoms with Gasteiger partial charge < -0.3 is 9.88 Å². The van der Waals surface area contributed by atoms with Crippen LogP contribution < -0.4 is 5.32 Å². The Hall–Kier alpha value is -0.810. The largest absolute Gasteiger partial charge is 0.354 e. The van der Waals surface area contributed by atoms with Gasteiger partial charge in [-0.05, 0) is 32.0 Å². The maximum absolute atomic E-state index is 11.3. The molecule has 17 heavy (non-hydrogen) atoms. The number of aryl methyl sites for hydroxylation is 1. The van der Waals surface area contributed by atoms with Gasteiger partial charge in [0.25, 0.3) is 0 Å². The zero-order valence-corrected chi connectivity index (χ0v) is 11.6. The van der Waals surface area contributed by atoms with Crippen molar-refractivity contribution in [2.45, 2.75) is 32.9 Å². The molecule has 0 aliphatic heterocycles. The molecule has 1 atom stereocenters. The van der Waals surface area contributed by atoms with E-state index >= 15 is 0 Å². The van der Waals surface area contributed by atoms with E-state index in [1.807, 2.05) is 17.8 Å². The highest BCUT2D eigenvalue weighted by atomic mass is 32.2. The van der Waals surface area contributed by atoms with E-state index in [2.05, 4.69) is 24.5 Å². The van der Waals surface area contributed by atoms with E-state index in [1.165, 1.54) is 5.56 Å². The van der Waals surface area contributed by atoms with Gasteiger partial charge >= 0.3 is 0 Å². The molecule has 1 heterocycles. The number of sulfone groups is 1. The lowest BCUT2D eigenvalue weighted by atomic mass is 10.2. The molecule has 1 unspecified atom stereocenters. The van der Waals surface area contributed by atoms with Gasteiger partial charge in [-0.25, -0.2) is 8.42 Å². The Morgan fingerprint density at radius 2 is 2.18 bits per heavy atom. The molecule has 0 spiro atoms. The summed E-state index contributed by atoms with van der Waals surface area (Å²) < 4.78 is 24.7. The number of hydrogen-bond acceptors (Lipinski definition) is 3. The van der Waals surface area contributed by atoms with Crippen molar-refractivity contribution in [3.8, 4) is 0 Å². The average molecular weight is 258 g/mol. The molecule has 0 aromatic carbocycles. The number of nitrogens with zero attached hydrogens (tertiary/aromatic N) is 1. The predicted molar refractivity (Wildman–Crippen MR) is 70.9 cm³/mol. The Morgan fingerprint density at radius 1 is 1.47 bits per heavy atom. The Bertz CT molecular complexity index is 437. The molecule has 0 aliphatic carbocycles. The second-order valence-electron chi connectivity index (χ2n) is 4.28. The predicted octanol–water partition coefficient (Wildman–Crippen LogP) is 1.59. The quantitative estimate of drug-likeness (QED) is 0.808. The van der Waals surface area contributed by atoms with Crippen molar-refractivity contribution >= 4 is 9.84 Å². The van der Waals surface area contributed by atoms with E-state index in [9.17, 15) is 8.42 Å². The summed E-state index contributed by atoms with van der Waals surface area (Å²) in [5, 5.41) is 3.17. The first kappa shape index (κ1) is 14.3. The van der Waals surface area contributed by atoms with Crippen LogP contribution in [0.1, 0.15) is 31.9 Å². The van der Waals surface area contributed by atoms with Crippen molar-refractivity contribution in [3.05, 3.63) is 24.0 Å². The highest BCUT2D eigenvalue weighted by Crippen LogP contribution is 2.12. The van der Waals surface area contributed by atoms with E-state index in [0.29, 0.717) is 12.5 Å². The van der Waals surface area contributed by atoms with Crippen LogP contribution in [0.25, 0.3) is 0 Å². The van der Waals surface area contributed by atoms with Gasteiger partial charge in [-0.1, -0.05) is 6.92 Å². The van der Waals surface area contributed by atoms with Gasteiger partial charge in [0.1, 0.15) is 9.84 Å². The molecule has 1 aromatic rings. The monoisotopic (exact) mass is 258 g/mol. The SMILES string of the molecule is CCS(=O)(=O)CCCn1ccc(C(C)NC)c1. The summed E-state index contributed by atoms with van der Waals surface area (Å²) in [6.07, 6.45) is 4.75. The van der Waals surface area contributed by atoms with Crippen LogP contribution >= 0.6 is 0 Å². The summed E-state index contributed by atoms with van der Waals surface area (Å²) in [6, 6.07) is 2.39. The number of nitrogens with one attached hydrogen (secondary N) is 1. The van der Waals surface area contributed by atoms with Crippen LogP contribution in [0.4, 0.5) is 0 Å². The first-order chi connectivity index (χ1) is 7.98. The van der Waals surface area contributed by atoms with Crippen LogP contribution in [-0.2, 0) is 16.4 Å². The molecular weight excluding hydrogens is 236 g/mol. The van der Waals surface area contributed by atoms with Crippen LogP contribution in [0.2, 0.25) is 0 Å². The van der Waals surface area contributed by atoms with E-state index < -0.39 is 9.84 Å². The summed E-state index contributed by atoms with van der Waals surface area (Å²) in [5.74, 6) is 0.513. The van der Waals surface area contributed by atoms with E-state index in [4.69, 9.17) is 0 Å². The molecule has 0 amide bonds. The van der Waals surface area contributed by atoms with Gasteiger partial charge in [0, 0.05) is 30.7 Å². The smallest absolute Gasteiger partial charge is 0.150 e. The minimum absolute atomic E-state index is 0.237.